The number of hydrogen-bond donors (Lipinski definition) is 0. The highest BCUT2D eigenvalue weighted by Crippen LogP contribution is 2.16. The van der Waals surface area contributed by atoms with Gasteiger partial charge in [-0.05, 0) is 5.56 Å². The standard InChI is InChI=1S/C9H8F2O/c10-9(11,7-12)6-8-4-2-1-3-5-8/h1-5,7H,6H2. The third-order valence-electron chi connectivity index (χ3n) is 1.46. The van der Waals surface area contributed by atoms with Gasteiger partial charge in [-0.3, -0.25) is 4.79 Å². The smallest absolute Gasteiger partial charge is 0.297 e. The van der Waals surface area contributed by atoms with E-state index < -0.39 is 12.3 Å². The molecular formula is C9H8F2O. The van der Waals surface area contributed by atoms with E-state index in [2.05, 4.69) is 0 Å². The predicted molar refractivity (Wildman–Crippen MR) is 41.2 cm³/mol. The minimum atomic E-state index is -3.23. The molecule has 0 aliphatic carbocycles. The van der Waals surface area contributed by atoms with Crippen LogP contribution in [0, 0.1) is 0 Å². The van der Waals surface area contributed by atoms with Crippen LogP contribution in [0.15, 0.2) is 30.3 Å². The molecular weight excluding hydrogens is 162 g/mol. The third-order valence-corrected chi connectivity index (χ3v) is 1.46. The van der Waals surface area contributed by atoms with Gasteiger partial charge in [-0.25, -0.2) is 0 Å². The summed E-state index contributed by atoms with van der Waals surface area (Å²) in [6, 6.07) is 8.20. The van der Waals surface area contributed by atoms with Crippen LogP contribution >= 0.6 is 0 Å². The number of benzene rings is 1. The van der Waals surface area contributed by atoms with Crippen molar-refractivity contribution in [2.75, 3.05) is 0 Å². The van der Waals surface area contributed by atoms with Crippen LogP contribution in [-0.4, -0.2) is 12.2 Å². The molecule has 1 aromatic carbocycles. The fourth-order valence-electron chi connectivity index (χ4n) is 0.910. The normalized spacial score (nSPS) is 11.2. The average molecular weight is 170 g/mol. The summed E-state index contributed by atoms with van der Waals surface area (Å²) >= 11 is 0. The van der Waals surface area contributed by atoms with E-state index >= 15 is 0 Å². The van der Waals surface area contributed by atoms with Gasteiger partial charge in [0.25, 0.3) is 0 Å². The molecule has 0 fully saturated rings. The molecule has 0 unspecified atom stereocenters. The molecule has 64 valence electrons. The Hall–Kier alpha value is -1.25. The maximum absolute atomic E-state index is 12.5. The second-order valence-corrected chi connectivity index (χ2v) is 2.54. The van der Waals surface area contributed by atoms with Crippen molar-refractivity contribution in [3.05, 3.63) is 35.9 Å². The van der Waals surface area contributed by atoms with Gasteiger partial charge in [0.2, 0.25) is 0 Å². The molecule has 0 bridgehead atoms. The van der Waals surface area contributed by atoms with Gasteiger partial charge in [-0.2, -0.15) is 8.78 Å². The zero-order valence-corrected chi connectivity index (χ0v) is 6.34. The van der Waals surface area contributed by atoms with Gasteiger partial charge in [0.05, 0.1) is 0 Å². The van der Waals surface area contributed by atoms with E-state index in [1.54, 1.807) is 30.3 Å². The Morgan fingerprint density at radius 2 is 1.83 bits per heavy atom. The van der Waals surface area contributed by atoms with E-state index in [1.165, 1.54) is 0 Å². The van der Waals surface area contributed by atoms with Crippen LogP contribution in [0.2, 0.25) is 0 Å². The van der Waals surface area contributed by atoms with Gasteiger partial charge in [0, 0.05) is 6.42 Å². The summed E-state index contributed by atoms with van der Waals surface area (Å²) in [4.78, 5) is 9.88. The maximum atomic E-state index is 12.5. The van der Waals surface area contributed by atoms with Gasteiger partial charge >= 0.3 is 5.92 Å². The van der Waals surface area contributed by atoms with Gasteiger partial charge in [-0.15, -0.1) is 0 Å². The Morgan fingerprint density at radius 3 is 2.33 bits per heavy atom. The van der Waals surface area contributed by atoms with E-state index in [9.17, 15) is 13.6 Å². The molecule has 0 saturated heterocycles. The van der Waals surface area contributed by atoms with Crippen molar-refractivity contribution in [1.29, 1.82) is 0 Å². The highest BCUT2D eigenvalue weighted by atomic mass is 19.3. The van der Waals surface area contributed by atoms with Gasteiger partial charge in [0.15, 0.2) is 6.29 Å². The molecule has 1 nitrogen and oxygen atoms in total. The number of hydrogen-bond acceptors (Lipinski definition) is 1. The summed E-state index contributed by atoms with van der Waals surface area (Å²) in [5.41, 5.74) is 0.467. The Morgan fingerprint density at radius 1 is 1.25 bits per heavy atom. The second-order valence-electron chi connectivity index (χ2n) is 2.54. The molecule has 0 radical (unpaired) electrons. The summed E-state index contributed by atoms with van der Waals surface area (Å²) in [6.45, 7) is 0. The van der Waals surface area contributed by atoms with Crippen molar-refractivity contribution in [3.63, 3.8) is 0 Å². The Bertz CT molecular complexity index is 256. The van der Waals surface area contributed by atoms with Crippen LogP contribution < -0.4 is 0 Å². The molecule has 0 saturated carbocycles. The van der Waals surface area contributed by atoms with Crippen LogP contribution in [-0.2, 0) is 11.2 Å². The Balaban J connectivity index is 2.70. The van der Waals surface area contributed by atoms with Crippen molar-refractivity contribution in [3.8, 4) is 0 Å². The molecule has 0 aliphatic rings. The maximum Gasteiger partial charge on any atom is 0.306 e. The van der Waals surface area contributed by atoms with Gasteiger partial charge < -0.3 is 0 Å². The van der Waals surface area contributed by atoms with Crippen molar-refractivity contribution < 1.29 is 13.6 Å². The minimum absolute atomic E-state index is 0.319. The first-order valence-electron chi connectivity index (χ1n) is 3.52. The van der Waals surface area contributed by atoms with Crippen LogP contribution in [0.25, 0.3) is 0 Å². The van der Waals surface area contributed by atoms with Crippen molar-refractivity contribution in [2.45, 2.75) is 12.3 Å². The van der Waals surface area contributed by atoms with E-state index in [1.807, 2.05) is 0 Å². The third kappa shape index (κ3) is 2.42. The largest absolute Gasteiger partial charge is 0.306 e. The summed E-state index contributed by atoms with van der Waals surface area (Å²) in [5, 5.41) is 0. The molecule has 3 heteroatoms. The molecule has 0 aliphatic heterocycles. The van der Waals surface area contributed by atoms with E-state index in [0.29, 0.717) is 5.56 Å². The zero-order chi connectivity index (χ0) is 9.03. The summed E-state index contributed by atoms with van der Waals surface area (Å²) in [5.74, 6) is -3.23. The number of halogens is 2. The Labute approximate surface area is 69.0 Å². The van der Waals surface area contributed by atoms with E-state index in [0.717, 1.165) is 0 Å². The monoisotopic (exact) mass is 170 g/mol. The lowest BCUT2D eigenvalue weighted by Crippen LogP contribution is -2.20. The quantitative estimate of drug-likeness (QED) is 0.634. The van der Waals surface area contributed by atoms with Crippen molar-refractivity contribution >= 4 is 6.29 Å². The molecule has 0 aromatic heterocycles. The lowest BCUT2D eigenvalue weighted by atomic mass is 10.1. The highest BCUT2D eigenvalue weighted by Gasteiger charge is 2.27. The van der Waals surface area contributed by atoms with Crippen LogP contribution in [0.4, 0.5) is 8.78 Å². The highest BCUT2D eigenvalue weighted by molar-refractivity contribution is 5.60. The fourth-order valence-corrected chi connectivity index (χ4v) is 0.910. The van der Waals surface area contributed by atoms with Gasteiger partial charge in [0.1, 0.15) is 0 Å². The molecule has 1 rings (SSSR count). The SMILES string of the molecule is O=CC(F)(F)Cc1ccccc1. The molecule has 0 atom stereocenters. The summed E-state index contributed by atoms with van der Waals surface area (Å²) < 4.78 is 24.9. The number of carbonyl (C=O) groups excluding carboxylic acids is 1. The van der Waals surface area contributed by atoms with Crippen LogP contribution in [0.3, 0.4) is 0 Å². The number of aldehydes is 1. The predicted octanol–water partition coefficient (Wildman–Crippen LogP) is 2.06. The molecule has 12 heavy (non-hydrogen) atoms. The molecule has 0 spiro atoms. The first-order valence-corrected chi connectivity index (χ1v) is 3.52. The zero-order valence-electron chi connectivity index (χ0n) is 6.34. The first kappa shape index (κ1) is 8.84. The summed E-state index contributed by atoms with van der Waals surface area (Å²) in [7, 11) is 0. The molecule has 1 aromatic rings. The van der Waals surface area contributed by atoms with E-state index in [4.69, 9.17) is 0 Å². The fraction of sp³-hybridized carbons (Fsp3) is 0.222. The van der Waals surface area contributed by atoms with Gasteiger partial charge in [-0.1, -0.05) is 30.3 Å². The first-order chi connectivity index (χ1) is 5.64. The van der Waals surface area contributed by atoms with Crippen molar-refractivity contribution in [2.24, 2.45) is 0 Å². The second kappa shape index (κ2) is 3.43. The number of rotatable bonds is 3. The molecule has 0 heterocycles. The number of alkyl halides is 2. The lowest BCUT2D eigenvalue weighted by molar-refractivity contribution is -0.128. The van der Waals surface area contributed by atoms with E-state index in [-0.39, 0.29) is 6.29 Å². The average Bonchev–Trinajstić information content (AvgIpc) is 2.06. The van der Waals surface area contributed by atoms with Crippen LogP contribution in [0.1, 0.15) is 5.56 Å². The topological polar surface area (TPSA) is 17.1 Å². The van der Waals surface area contributed by atoms with Crippen LogP contribution in [0.5, 0.6) is 0 Å². The molecule has 0 amide bonds. The van der Waals surface area contributed by atoms with Crippen molar-refractivity contribution in [1.82, 2.24) is 0 Å². The summed E-state index contributed by atoms with van der Waals surface area (Å²) in [6.07, 6.45) is -0.836. The number of carbonyl (C=O) groups is 1. The lowest BCUT2D eigenvalue weighted by Gasteiger charge is -2.07. The minimum Gasteiger partial charge on any atom is -0.297 e. The Kier molecular flexibility index (Phi) is 2.53. The molecule has 0 N–H and O–H groups in total.